The van der Waals surface area contributed by atoms with Crippen molar-refractivity contribution in [3.05, 3.63) is 65.2 Å². The van der Waals surface area contributed by atoms with Crippen LogP contribution in [0.15, 0.2) is 53.7 Å². The summed E-state index contributed by atoms with van der Waals surface area (Å²) in [5.41, 5.74) is 13.3. The molecule has 9 heteroatoms. The van der Waals surface area contributed by atoms with Crippen molar-refractivity contribution in [2.45, 2.75) is 44.8 Å². The standard InChI is InChI=1S/C22H30N4O4S/c1-17-11-12-20(26-31(28,29)16-18-8-4-2-5-9-18)14-19(17)15-21(27)10-6-3-7-13-30-25-22(23)24/h2,4-5,8-9,11-12,14,26H,3,6-7,10,13,15-16H2,1H3,(H4,23,24,25). The Kier molecular flexibility index (Phi) is 9.33. The van der Waals surface area contributed by atoms with Crippen LogP contribution in [-0.2, 0) is 31.8 Å². The van der Waals surface area contributed by atoms with Crippen LogP contribution >= 0.6 is 0 Å². The van der Waals surface area contributed by atoms with Gasteiger partial charge in [-0.2, -0.15) is 0 Å². The molecule has 0 aromatic heterocycles. The van der Waals surface area contributed by atoms with Crippen LogP contribution in [0.3, 0.4) is 0 Å². The number of ketones is 1. The summed E-state index contributed by atoms with van der Waals surface area (Å²) >= 11 is 0. The Hall–Kier alpha value is -3.07. The molecule has 0 saturated carbocycles. The molecule has 0 heterocycles. The van der Waals surface area contributed by atoms with E-state index in [1.165, 1.54) is 0 Å². The average molecular weight is 447 g/mol. The number of sulfonamides is 1. The molecule has 0 fully saturated rings. The lowest BCUT2D eigenvalue weighted by atomic mass is 10.00. The predicted molar refractivity (Wildman–Crippen MR) is 123 cm³/mol. The summed E-state index contributed by atoms with van der Waals surface area (Å²) in [6.07, 6.45) is 3.04. The number of benzene rings is 2. The van der Waals surface area contributed by atoms with Gasteiger partial charge in [0.1, 0.15) is 12.4 Å². The van der Waals surface area contributed by atoms with Crippen LogP contribution < -0.4 is 16.2 Å². The van der Waals surface area contributed by atoms with Crippen molar-refractivity contribution in [1.29, 1.82) is 0 Å². The second-order valence-electron chi connectivity index (χ2n) is 7.36. The Morgan fingerprint density at radius 2 is 1.81 bits per heavy atom. The van der Waals surface area contributed by atoms with Gasteiger partial charge in [0.05, 0.1) is 5.75 Å². The Morgan fingerprint density at radius 3 is 2.52 bits per heavy atom. The van der Waals surface area contributed by atoms with Crippen molar-refractivity contribution in [3.63, 3.8) is 0 Å². The fourth-order valence-electron chi connectivity index (χ4n) is 3.02. The third kappa shape index (κ3) is 9.52. The second kappa shape index (κ2) is 11.9. The van der Waals surface area contributed by atoms with E-state index in [9.17, 15) is 13.2 Å². The molecule has 0 bridgehead atoms. The van der Waals surface area contributed by atoms with Crippen LogP contribution in [0.2, 0.25) is 0 Å². The number of nitrogens with one attached hydrogen (secondary N) is 1. The van der Waals surface area contributed by atoms with E-state index in [1.54, 1.807) is 36.4 Å². The van der Waals surface area contributed by atoms with E-state index in [0.29, 0.717) is 24.3 Å². The van der Waals surface area contributed by atoms with Crippen molar-refractivity contribution >= 4 is 27.5 Å². The van der Waals surface area contributed by atoms with Crippen molar-refractivity contribution in [3.8, 4) is 0 Å². The van der Waals surface area contributed by atoms with Gasteiger partial charge in [0.15, 0.2) is 0 Å². The number of hydrogen-bond donors (Lipinski definition) is 3. The third-order valence-electron chi connectivity index (χ3n) is 4.57. The van der Waals surface area contributed by atoms with Gasteiger partial charge in [-0.25, -0.2) is 8.42 Å². The number of carbonyl (C=O) groups is 1. The zero-order valence-corrected chi connectivity index (χ0v) is 18.5. The highest BCUT2D eigenvalue weighted by Gasteiger charge is 2.13. The molecule has 31 heavy (non-hydrogen) atoms. The SMILES string of the molecule is Cc1ccc(NS(=O)(=O)Cc2ccccc2)cc1CC(=O)CCCCCON=C(N)N. The van der Waals surface area contributed by atoms with Crippen LogP contribution in [0.4, 0.5) is 5.69 Å². The maximum Gasteiger partial charge on any atom is 0.236 e. The molecular weight excluding hydrogens is 416 g/mol. The average Bonchev–Trinajstić information content (AvgIpc) is 2.69. The normalized spacial score (nSPS) is 11.0. The van der Waals surface area contributed by atoms with E-state index in [0.717, 1.165) is 30.4 Å². The number of aryl methyl sites for hydroxylation is 1. The second-order valence-corrected chi connectivity index (χ2v) is 9.09. The molecule has 0 aliphatic carbocycles. The first-order valence-electron chi connectivity index (χ1n) is 10.1. The first-order valence-corrected chi connectivity index (χ1v) is 11.8. The minimum atomic E-state index is -3.55. The maximum atomic E-state index is 12.5. The lowest BCUT2D eigenvalue weighted by Gasteiger charge is -2.12. The van der Waals surface area contributed by atoms with Crippen LogP contribution in [0.5, 0.6) is 0 Å². The number of oxime groups is 1. The highest BCUT2D eigenvalue weighted by atomic mass is 32.2. The summed E-state index contributed by atoms with van der Waals surface area (Å²) in [6, 6.07) is 14.3. The molecule has 0 saturated heterocycles. The molecule has 0 unspecified atom stereocenters. The largest absolute Gasteiger partial charge is 0.393 e. The number of nitrogens with zero attached hydrogens (tertiary/aromatic N) is 1. The van der Waals surface area contributed by atoms with Gasteiger partial charge in [-0.3, -0.25) is 9.52 Å². The highest BCUT2D eigenvalue weighted by molar-refractivity contribution is 7.91. The van der Waals surface area contributed by atoms with E-state index in [2.05, 4.69) is 9.88 Å². The topological polar surface area (TPSA) is 137 Å². The first-order chi connectivity index (χ1) is 14.7. The summed E-state index contributed by atoms with van der Waals surface area (Å²) in [7, 11) is -3.55. The number of nitrogens with two attached hydrogens (primary N) is 2. The summed E-state index contributed by atoms with van der Waals surface area (Å²) < 4.78 is 27.5. The minimum absolute atomic E-state index is 0.108. The molecular formula is C22H30N4O4S. The van der Waals surface area contributed by atoms with Gasteiger partial charge in [0.25, 0.3) is 0 Å². The highest BCUT2D eigenvalue weighted by Crippen LogP contribution is 2.19. The van der Waals surface area contributed by atoms with Gasteiger partial charge >= 0.3 is 0 Å². The summed E-state index contributed by atoms with van der Waals surface area (Å²) in [5.74, 6) is -0.115. The van der Waals surface area contributed by atoms with E-state index in [-0.39, 0.29) is 23.9 Å². The number of unbranched alkanes of at least 4 members (excludes halogenated alkanes) is 2. The Morgan fingerprint density at radius 1 is 1.06 bits per heavy atom. The zero-order valence-electron chi connectivity index (χ0n) is 17.7. The smallest absolute Gasteiger partial charge is 0.236 e. The molecule has 0 spiro atoms. The fourth-order valence-corrected chi connectivity index (χ4v) is 4.21. The third-order valence-corrected chi connectivity index (χ3v) is 5.83. The van der Waals surface area contributed by atoms with Crippen LogP contribution in [0.1, 0.15) is 42.4 Å². The molecule has 0 aliphatic rings. The van der Waals surface area contributed by atoms with Crippen molar-refractivity contribution in [2.75, 3.05) is 11.3 Å². The monoisotopic (exact) mass is 446 g/mol. The van der Waals surface area contributed by atoms with Crippen LogP contribution in [0.25, 0.3) is 0 Å². The minimum Gasteiger partial charge on any atom is -0.393 e. The van der Waals surface area contributed by atoms with Gasteiger partial charge in [-0.05, 0) is 60.2 Å². The Bertz CT molecular complexity index is 988. The molecule has 0 aliphatic heterocycles. The van der Waals surface area contributed by atoms with Crippen LogP contribution in [-0.4, -0.2) is 26.8 Å². The molecule has 2 rings (SSSR count). The first kappa shape index (κ1) is 24.2. The van der Waals surface area contributed by atoms with E-state index >= 15 is 0 Å². The van der Waals surface area contributed by atoms with Crippen molar-refractivity contribution in [2.24, 2.45) is 16.6 Å². The summed E-state index contributed by atoms with van der Waals surface area (Å²) in [5, 5.41) is 3.44. The number of guanidine groups is 1. The lowest BCUT2D eigenvalue weighted by molar-refractivity contribution is -0.118. The van der Waals surface area contributed by atoms with E-state index in [1.807, 2.05) is 19.1 Å². The molecule has 0 amide bonds. The summed E-state index contributed by atoms with van der Waals surface area (Å²) in [6.45, 7) is 2.31. The molecule has 2 aromatic carbocycles. The number of rotatable bonds is 13. The molecule has 5 N–H and O–H groups in total. The quantitative estimate of drug-likeness (QED) is 0.187. The zero-order chi connectivity index (χ0) is 22.7. The van der Waals surface area contributed by atoms with Crippen LogP contribution in [0, 0.1) is 6.92 Å². The Labute approximate surface area is 183 Å². The number of anilines is 1. The summed E-state index contributed by atoms with van der Waals surface area (Å²) in [4.78, 5) is 17.3. The van der Waals surface area contributed by atoms with Crippen molar-refractivity contribution < 1.29 is 18.0 Å². The molecule has 0 atom stereocenters. The van der Waals surface area contributed by atoms with Gasteiger partial charge < -0.3 is 16.3 Å². The van der Waals surface area contributed by atoms with E-state index < -0.39 is 10.0 Å². The molecule has 8 nitrogen and oxygen atoms in total. The molecule has 168 valence electrons. The molecule has 2 aromatic rings. The number of hydrogen-bond acceptors (Lipinski definition) is 5. The van der Waals surface area contributed by atoms with E-state index in [4.69, 9.17) is 16.3 Å². The predicted octanol–water partition coefficient (Wildman–Crippen LogP) is 2.81. The number of Topliss-reactive ketones (excluding diaryl/α,β-unsaturated/α-hetero) is 1. The molecule has 0 radical (unpaired) electrons. The van der Waals surface area contributed by atoms with Gasteiger partial charge in [-0.15, -0.1) is 0 Å². The van der Waals surface area contributed by atoms with Gasteiger partial charge in [0, 0.05) is 18.5 Å². The Balaban J connectivity index is 1.85. The maximum absolute atomic E-state index is 12.5. The van der Waals surface area contributed by atoms with Gasteiger partial charge in [-0.1, -0.05) is 36.4 Å². The lowest BCUT2D eigenvalue weighted by Crippen LogP contribution is -2.22. The number of carbonyl (C=O) groups excluding carboxylic acids is 1. The fraction of sp³-hybridized carbons (Fsp3) is 0.364. The van der Waals surface area contributed by atoms with Crippen molar-refractivity contribution in [1.82, 2.24) is 0 Å². The van der Waals surface area contributed by atoms with Gasteiger partial charge in [0.2, 0.25) is 16.0 Å².